The SMILES string of the molecule is Cc1cc(C)n2nc(SC[C@H](O)COc3cc(Cl)ccc3Cl)nc2n1. The molecule has 3 aromatic rings. The lowest BCUT2D eigenvalue weighted by atomic mass is 10.3. The molecule has 3 rings (SSSR count). The Morgan fingerprint density at radius 2 is 2.04 bits per heavy atom. The van der Waals surface area contributed by atoms with Crippen LogP contribution in [0.1, 0.15) is 11.4 Å². The molecule has 9 heteroatoms. The van der Waals surface area contributed by atoms with E-state index in [4.69, 9.17) is 27.9 Å². The first-order chi connectivity index (χ1) is 11.9. The van der Waals surface area contributed by atoms with Crippen LogP contribution in [0.4, 0.5) is 0 Å². The van der Waals surface area contributed by atoms with Crippen LogP contribution in [-0.2, 0) is 0 Å². The molecule has 0 aliphatic rings. The van der Waals surface area contributed by atoms with Crippen LogP contribution >= 0.6 is 35.0 Å². The Bertz CT molecular complexity index is 903. The number of hydrogen-bond donors (Lipinski definition) is 1. The Morgan fingerprint density at radius 3 is 2.84 bits per heavy atom. The number of rotatable bonds is 6. The van der Waals surface area contributed by atoms with E-state index >= 15 is 0 Å². The Balaban J connectivity index is 1.58. The third-order valence-corrected chi connectivity index (χ3v) is 4.86. The maximum atomic E-state index is 10.1. The lowest BCUT2D eigenvalue weighted by molar-refractivity contribution is 0.126. The van der Waals surface area contributed by atoms with Gasteiger partial charge in [-0.3, -0.25) is 0 Å². The smallest absolute Gasteiger partial charge is 0.253 e. The second-order valence-corrected chi connectivity index (χ2v) is 7.33. The topological polar surface area (TPSA) is 72.5 Å². The van der Waals surface area contributed by atoms with Gasteiger partial charge >= 0.3 is 0 Å². The molecule has 0 spiro atoms. The van der Waals surface area contributed by atoms with Gasteiger partial charge in [-0.2, -0.15) is 4.98 Å². The van der Waals surface area contributed by atoms with Crippen molar-refractivity contribution in [2.24, 2.45) is 0 Å². The molecule has 0 unspecified atom stereocenters. The van der Waals surface area contributed by atoms with Crippen molar-refractivity contribution in [2.45, 2.75) is 25.1 Å². The molecule has 0 saturated carbocycles. The van der Waals surface area contributed by atoms with Crippen LogP contribution in [0, 0.1) is 13.8 Å². The largest absolute Gasteiger partial charge is 0.489 e. The zero-order chi connectivity index (χ0) is 18.0. The van der Waals surface area contributed by atoms with Gasteiger partial charge in [0.1, 0.15) is 12.4 Å². The fraction of sp³-hybridized carbons (Fsp3) is 0.312. The van der Waals surface area contributed by atoms with E-state index in [9.17, 15) is 5.11 Å². The van der Waals surface area contributed by atoms with Crippen LogP contribution in [0.3, 0.4) is 0 Å². The van der Waals surface area contributed by atoms with Crippen molar-refractivity contribution in [1.82, 2.24) is 19.6 Å². The third-order valence-electron chi connectivity index (χ3n) is 3.33. The maximum Gasteiger partial charge on any atom is 0.253 e. The zero-order valence-corrected chi connectivity index (χ0v) is 15.9. The van der Waals surface area contributed by atoms with Gasteiger partial charge in [0.25, 0.3) is 5.78 Å². The van der Waals surface area contributed by atoms with Crippen LogP contribution in [0.5, 0.6) is 5.75 Å². The summed E-state index contributed by atoms with van der Waals surface area (Å²) in [6.45, 7) is 3.95. The second kappa shape index (κ2) is 7.78. The van der Waals surface area contributed by atoms with Gasteiger partial charge in [0.2, 0.25) is 5.16 Å². The van der Waals surface area contributed by atoms with Crippen LogP contribution in [-0.4, -0.2) is 43.2 Å². The molecule has 1 aromatic carbocycles. The van der Waals surface area contributed by atoms with E-state index in [0.29, 0.717) is 32.5 Å². The Morgan fingerprint density at radius 1 is 1.24 bits per heavy atom. The molecule has 0 fully saturated rings. The molecule has 6 nitrogen and oxygen atoms in total. The van der Waals surface area contributed by atoms with E-state index in [1.807, 2.05) is 19.9 Å². The molecule has 1 atom stereocenters. The molecular weight excluding hydrogens is 383 g/mol. The van der Waals surface area contributed by atoms with E-state index in [2.05, 4.69) is 15.1 Å². The molecular formula is C16H16Cl2N4O2S. The van der Waals surface area contributed by atoms with Crippen LogP contribution in [0.15, 0.2) is 29.4 Å². The second-order valence-electron chi connectivity index (χ2n) is 5.50. The molecule has 2 heterocycles. The van der Waals surface area contributed by atoms with Crippen molar-refractivity contribution in [1.29, 1.82) is 0 Å². The highest BCUT2D eigenvalue weighted by Gasteiger charge is 2.13. The van der Waals surface area contributed by atoms with Crippen LogP contribution < -0.4 is 4.74 Å². The van der Waals surface area contributed by atoms with Gasteiger partial charge in [-0.1, -0.05) is 35.0 Å². The Kier molecular flexibility index (Phi) is 5.68. The fourth-order valence-corrected chi connectivity index (χ4v) is 3.26. The number of fused-ring (bicyclic) bond motifs is 1. The minimum Gasteiger partial charge on any atom is -0.489 e. The average Bonchev–Trinajstić information content (AvgIpc) is 2.97. The lowest BCUT2D eigenvalue weighted by Crippen LogP contribution is -2.20. The molecule has 1 N–H and O–H groups in total. The quantitative estimate of drug-likeness (QED) is 0.639. The third kappa shape index (κ3) is 4.55. The van der Waals surface area contributed by atoms with Crippen LogP contribution in [0.25, 0.3) is 5.78 Å². The summed E-state index contributed by atoms with van der Waals surface area (Å²) >= 11 is 13.3. The highest BCUT2D eigenvalue weighted by molar-refractivity contribution is 7.99. The highest BCUT2D eigenvalue weighted by Crippen LogP contribution is 2.28. The Labute approximate surface area is 159 Å². The fourth-order valence-electron chi connectivity index (χ4n) is 2.20. The van der Waals surface area contributed by atoms with E-state index < -0.39 is 6.10 Å². The standard InChI is InChI=1S/C16H16Cl2N4O2S/c1-9-5-10(2)22-15(19-9)20-16(21-22)25-8-12(23)7-24-14-6-11(17)3-4-13(14)18/h3-6,12,23H,7-8H2,1-2H3/t12-/m1/s1. The molecule has 2 aromatic heterocycles. The summed E-state index contributed by atoms with van der Waals surface area (Å²) in [4.78, 5) is 8.70. The summed E-state index contributed by atoms with van der Waals surface area (Å²) in [5, 5.41) is 16.0. The normalized spacial score (nSPS) is 12.5. The summed E-state index contributed by atoms with van der Waals surface area (Å²) in [5.74, 6) is 1.38. The first-order valence-corrected chi connectivity index (χ1v) is 9.26. The van der Waals surface area contributed by atoms with Crippen molar-refractivity contribution >= 4 is 40.7 Å². The minimum atomic E-state index is -0.706. The first kappa shape index (κ1) is 18.3. The maximum absolute atomic E-state index is 10.1. The van der Waals surface area contributed by atoms with E-state index in [1.54, 1.807) is 22.7 Å². The van der Waals surface area contributed by atoms with Gasteiger partial charge in [0.05, 0.1) is 11.1 Å². The van der Waals surface area contributed by atoms with Gasteiger partial charge < -0.3 is 9.84 Å². The van der Waals surface area contributed by atoms with E-state index in [0.717, 1.165) is 11.4 Å². The van der Waals surface area contributed by atoms with Crippen molar-refractivity contribution in [3.05, 3.63) is 45.7 Å². The summed E-state index contributed by atoms with van der Waals surface area (Å²) in [6.07, 6.45) is -0.706. The van der Waals surface area contributed by atoms with Crippen molar-refractivity contribution < 1.29 is 9.84 Å². The summed E-state index contributed by atoms with van der Waals surface area (Å²) in [7, 11) is 0. The van der Waals surface area contributed by atoms with Crippen LogP contribution in [0.2, 0.25) is 10.0 Å². The number of aromatic nitrogens is 4. The number of aliphatic hydroxyl groups is 1. The number of benzene rings is 1. The Hall–Kier alpha value is -1.54. The van der Waals surface area contributed by atoms with E-state index in [-0.39, 0.29) is 6.61 Å². The van der Waals surface area contributed by atoms with Crippen molar-refractivity contribution in [3.63, 3.8) is 0 Å². The zero-order valence-electron chi connectivity index (χ0n) is 13.6. The predicted octanol–water partition coefficient (Wildman–Crippen LogP) is 3.58. The highest BCUT2D eigenvalue weighted by atomic mass is 35.5. The van der Waals surface area contributed by atoms with Gasteiger partial charge in [-0.15, -0.1) is 5.10 Å². The van der Waals surface area contributed by atoms with Crippen molar-refractivity contribution in [2.75, 3.05) is 12.4 Å². The number of hydrogen-bond acceptors (Lipinski definition) is 6. The molecule has 0 aliphatic heterocycles. The minimum absolute atomic E-state index is 0.0941. The number of aryl methyl sites for hydroxylation is 2. The summed E-state index contributed by atoms with van der Waals surface area (Å²) in [6, 6.07) is 6.88. The molecule has 132 valence electrons. The summed E-state index contributed by atoms with van der Waals surface area (Å²) < 4.78 is 7.21. The number of ether oxygens (including phenoxy) is 1. The summed E-state index contributed by atoms with van der Waals surface area (Å²) in [5.41, 5.74) is 1.85. The number of nitrogens with zero attached hydrogens (tertiary/aromatic N) is 4. The first-order valence-electron chi connectivity index (χ1n) is 7.52. The molecule has 0 aliphatic carbocycles. The monoisotopic (exact) mass is 398 g/mol. The number of halogens is 2. The van der Waals surface area contributed by atoms with Gasteiger partial charge in [0.15, 0.2) is 0 Å². The number of aliphatic hydroxyl groups excluding tert-OH is 1. The van der Waals surface area contributed by atoms with Gasteiger partial charge in [-0.25, -0.2) is 9.50 Å². The lowest BCUT2D eigenvalue weighted by Gasteiger charge is -2.12. The van der Waals surface area contributed by atoms with Gasteiger partial charge in [0, 0.05) is 28.2 Å². The molecule has 25 heavy (non-hydrogen) atoms. The molecule has 0 bridgehead atoms. The molecule has 0 amide bonds. The van der Waals surface area contributed by atoms with E-state index in [1.165, 1.54) is 11.8 Å². The number of thioether (sulfide) groups is 1. The average molecular weight is 399 g/mol. The predicted molar refractivity (Wildman–Crippen MR) is 98.9 cm³/mol. The van der Waals surface area contributed by atoms with Gasteiger partial charge in [-0.05, 0) is 32.0 Å². The van der Waals surface area contributed by atoms with Crippen molar-refractivity contribution in [3.8, 4) is 5.75 Å². The molecule has 0 radical (unpaired) electrons. The molecule has 0 saturated heterocycles.